The molecule has 4 aromatic rings. The second-order valence-electron chi connectivity index (χ2n) is 9.90. The smallest absolute Gasteiger partial charge is 0.407 e. The third-order valence-electron chi connectivity index (χ3n) is 5.67. The van der Waals surface area contributed by atoms with Crippen LogP contribution < -0.4 is 16.0 Å². The van der Waals surface area contributed by atoms with Crippen LogP contribution in [0.25, 0.3) is 22.2 Å². The summed E-state index contributed by atoms with van der Waals surface area (Å²) in [5, 5.41) is 12.8. The van der Waals surface area contributed by atoms with E-state index in [4.69, 9.17) is 9.72 Å². The third-order valence-corrected chi connectivity index (χ3v) is 6.44. The van der Waals surface area contributed by atoms with Crippen LogP contribution in [-0.4, -0.2) is 40.2 Å². The van der Waals surface area contributed by atoms with Gasteiger partial charge < -0.3 is 20.7 Å². The number of alkyl carbamates (subject to hydrolysis) is 1. The van der Waals surface area contributed by atoms with Crippen molar-refractivity contribution in [3.05, 3.63) is 72.2 Å². The van der Waals surface area contributed by atoms with Crippen molar-refractivity contribution in [2.45, 2.75) is 51.7 Å². The van der Waals surface area contributed by atoms with Crippen molar-refractivity contribution in [3.63, 3.8) is 0 Å². The number of hydrogen-bond donors (Lipinski definition) is 3. The van der Waals surface area contributed by atoms with Crippen molar-refractivity contribution in [1.29, 1.82) is 0 Å². The number of carbonyl (C=O) groups is 2. The number of benzene rings is 2. The van der Waals surface area contributed by atoms with Crippen molar-refractivity contribution < 1.29 is 14.3 Å². The first-order valence-corrected chi connectivity index (χ1v) is 13.6. The highest BCUT2D eigenvalue weighted by Crippen LogP contribution is 2.26. The first-order valence-electron chi connectivity index (χ1n) is 12.7. The lowest BCUT2D eigenvalue weighted by Gasteiger charge is -2.20. The molecule has 9 heteroatoms. The van der Waals surface area contributed by atoms with Crippen LogP contribution in [0.15, 0.2) is 72.2 Å². The molecule has 0 fully saturated rings. The molecule has 1 atom stereocenters. The molecule has 2 amide bonds. The van der Waals surface area contributed by atoms with Crippen LogP contribution in [0, 0.1) is 0 Å². The Labute approximate surface area is 226 Å². The lowest BCUT2D eigenvalue weighted by Crippen LogP contribution is -2.35. The van der Waals surface area contributed by atoms with Gasteiger partial charge in [0.25, 0.3) is 0 Å². The highest BCUT2D eigenvalue weighted by Gasteiger charge is 2.21. The molecular weight excluding hydrogens is 498 g/mol. The summed E-state index contributed by atoms with van der Waals surface area (Å²) < 4.78 is 5.28. The SMILES string of the molecule is CC(C)(C)OC(=O)NCCCCC(Nc1nc(-c2ccccc2)cs1)C(=O)Nc1cccc2cccnc12. The zero-order chi connectivity index (χ0) is 27.0. The fourth-order valence-electron chi connectivity index (χ4n) is 3.90. The van der Waals surface area contributed by atoms with Crippen molar-refractivity contribution in [3.8, 4) is 11.3 Å². The number of nitrogens with one attached hydrogen (secondary N) is 3. The van der Waals surface area contributed by atoms with Crippen molar-refractivity contribution in [2.75, 3.05) is 17.2 Å². The highest BCUT2D eigenvalue weighted by atomic mass is 32.1. The Hall–Kier alpha value is -3.98. The quantitative estimate of drug-likeness (QED) is 0.203. The molecule has 3 N–H and O–H groups in total. The average Bonchev–Trinajstić information content (AvgIpc) is 3.36. The Balaban J connectivity index is 1.42. The number of thiazole rings is 1. The highest BCUT2D eigenvalue weighted by molar-refractivity contribution is 7.14. The molecule has 0 aliphatic heterocycles. The number of aromatic nitrogens is 2. The molecule has 198 valence electrons. The number of carbonyl (C=O) groups excluding carboxylic acids is 2. The Morgan fingerprint density at radius 1 is 1.00 bits per heavy atom. The lowest BCUT2D eigenvalue weighted by molar-refractivity contribution is -0.117. The van der Waals surface area contributed by atoms with Crippen LogP contribution in [-0.2, 0) is 9.53 Å². The number of rotatable bonds is 10. The topological polar surface area (TPSA) is 105 Å². The van der Waals surface area contributed by atoms with Crippen LogP contribution in [0.3, 0.4) is 0 Å². The molecule has 0 aliphatic carbocycles. The molecule has 0 aliphatic rings. The zero-order valence-corrected chi connectivity index (χ0v) is 22.7. The number of unbranched alkanes of at least 4 members (excludes halogenated alkanes) is 1. The van der Waals surface area contributed by atoms with Gasteiger partial charge in [0.1, 0.15) is 11.6 Å². The maximum Gasteiger partial charge on any atom is 0.407 e. The van der Waals surface area contributed by atoms with Crippen LogP contribution in [0.2, 0.25) is 0 Å². The number of ether oxygens (including phenoxy) is 1. The Morgan fingerprint density at radius 2 is 1.79 bits per heavy atom. The Morgan fingerprint density at radius 3 is 2.58 bits per heavy atom. The van der Waals surface area contributed by atoms with Gasteiger partial charge in [-0.2, -0.15) is 0 Å². The van der Waals surface area contributed by atoms with Crippen molar-refractivity contribution in [2.24, 2.45) is 0 Å². The van der Waals surface area contributed by atoms with E-state index in [2.05, 4.69) is 20.9 Å². The maximum atomic E-state index is 13.5. The van der Waals surface area contributed by atoms with Crippen molar-refractivity contribution in [1.82, 2.24) is 15.3 Å². The summed E-state index contributed by atoms with van der Waals surface area (Å²) in [4.78, 5) is 34.5. The van der Waals surface area contributed by atoms with E-state index in [9.17, 15) is 9.59 Å². The molecule has 4 rings (SSSR count). The molecule has 0 saturated heterocycles. The number of hydrogen-bond acceptors (Lipinski definition) is 7. The Kier molecular flexibility index (Phi) is 8.91. The molecule has 0 spiro atoms. The Bertz CT molecular complexity index is 1360. The second-order valence-corrected chi connectivity index (χ2v) is 10.8. The van der Waals surface area contributed by atoms with Gasteiger partial charge in [-0.15, -0.1) is 11.3 Å². The van der Waals surface area contributed by atoms with E-state index in [1.165, 1.54) is 11.3 Å². The number of anilines is 2. The summed E-state index contributed by atoms with van der Waals surface area (Å²) in [5.74, 6) is -0.167. The van der Waals surface area contributed by atoms with Crippen molar-refractivity contribution >= 4 is 45.1 Å². The summed E-state index contributed by atoms with van der Waals surface area (Å²) >= 11 is 1.46. The summed E-state index contributed by atoms with van der Waals surface area (Å²) in [6, 6.07) is 19.0. The first-order chi connectivity index (χ1) is 18.3. The van der Waals surface area contributed by atoms with Gasteiger partial charge in [0.05, 0.1) is 16.9 Å². The average molecular weight is 532 g/mol. The maximum absolute atomic E-state index is 13.5. The summed E-state index contributed by atoms with van der Waals surface area (Å²) in [7, 11) is 0. The van der Waals surface area contributed by atoms with Crippen LogP contribution in [0.1, 0.15) is 40.0 Å². The van der Waals surface area contributed by atoms with E-state index < -0.39 is 17.7 Å². The van der Waals surface area contributed by atoms with Gasteiger partial charge >= 0.3 is 6.09 Å². The number of para-hydroxylation sites is 1. The van der Waals surface area contributed by atoms with E-state index in [-0.39, 0.29) is 5.91 Å². The van der Waals surface area contributed by atoms with E-state index in [0.29, 0.717) is 36.6 Å². The minimum Gasteiger partial charge on any atom is -0.444 e. The van der Waals surface area contributed by atoms with Gasteiger partial charge in [0, 0.05) is 29.1 Å². The molecule has 2 aromatic heterocycles. The second kappa shape index (κ2) is 12.5. The first kappa shape index (κ1) is 27.1. The number of fused-ring (bicyclic) bond motifs is 1. The van der Waals surface area contributed by atoms with Crippen LogP contribution >= 0.6 is 11.3 Å². The molecule has 38 heavy (non-hydrogen) atoms. The third kappa shape index (κ3) is 7.76. The van der Waals surface area contributed by atoms with Gasteiger partial charge in [-0.1, -0.05) is 48.5 Å². The monoisotopic (exact) mass is 531 g/mol. The van der Waals surface area contributed by atoms with E-state index in [0.717, 1.165) is 22.2 Å². The number of nitrogens with zero attached hydrogens (tertiary/aromatic N) is 2. The van der Waals surface area contributed by atoms with E-state index in [1.807, 2.05) is 86.8 Å². The molecule has 2 aromatic carbocycles. The van der Waals surface area contributed by atoms with Crippen LogP contribution in [0.4, 0.5) is 15.6 Å². The number of pyridine rings is 1. The van der Waals surface area contributed by atoms with Gasteiger partial charge in [-0.05, 0) is 52.2 Å². The van der Waals surface area contributed by atoms with Gasteiger partial charge in [0.15, 0.2) is 5.13 Å². The summed E-state index contributed by atoms with van der Waals surface area (Å²) in [6.45, 7) is 5.95. The fraction of sp³-hybridized carbons (Fsp3) is 0.310. The number of amides is 2. The van der Waals surface area contributed by atoms with Crippen LogP contribution in [0.5, 0.6) is 0 Å². The molecule has 0 saturated carbocycles. The minimum absolute atomic E-state index is 0.167. The van der Waals surface area contributed by atoms with Gasteiger partial charge in [-0.25, -0.2) is 9.78 Å². The summed E-state index contributed by atoms with van der Waals surface area (Å²) in [5.41, 5.74) is 2.74. The fourth-order valence-corrected chi connectivity index (χ4v) is 4.68. The minimum atomic E-state index is -0.542. The molecule has 8 nitrogen and oxygen atoms in total. The molecular formula is C29H33N5O3S. The van der Waals surface area contributed by atoms with Gasteiger partial charge in [0.2, 0.25) is 5.91 Å². The molecule has 0 bridgehead atoms. The predicted molar refractivity (Wildman–Crippen MR) is 153 cm³/mol. The summed E-state index contributed by atoms with van der Waals surface area (Å²) in [6.07, 6.45) is 3.25. The van der Waals surface area contributed by atoms with Gasteiger partial charge in [-0.3, -0.25) is 9.78 Å². The standard InChI is InChI=1S/C29H33N5O3S/c1-29(2,3)37-28(36)31-17-8-7-15-23(33-27-34-24(19-38-27)20-11-5-4-6-12-20)26(35)32-22-16-9-13-21-14-10-18-30-25(21)22/h4-6,9-14,16,18-19,23H,7-8,15,17H2,1-3H3,(H,31,36)(H,32,35)(H,33,34). The molecule has 0 radical (unpaired) electrons. The van der Waals surface area contributed by atoms with E-state index >= 15 is 0 Å². The predicted octanol–water partition coefficient (Wildman–Crippen LogP) is 6.47. The normalized spacial score (nSPS) is 12.1. The van der Waals surface area contributed by atoms with E-state index in [1.54, 1.807) is 6.20 Å². The molecule has 1 unspecified atom stereocenters. The zero-order valence-electron chi connectivity index (χ0n) is 21.9. The lowest BCUT2D eigenvalue weighted by atomic mass is 10.1. The molecule has 2 heterocycles. The largest absolute Gasteiger partial charge is 0.444 e.